The molecule has 8 nitrogen and oxygen atoms in total. The quantitative estimate of drug-likeness (QED) is 0.247. The topological polar surface area (TPSA) is 91.4 Å². The predicted octanol–water partition coefficient (Wildman–Crippen LogP) is 5.72. The van der Waals surface area contributed by atoms with Crippen molar-refractivity contribution in [3.8, 4) is 10.8 Å². The van der Waals surface area contributed by atoms with E-state index in [1.807, 2.05) is 0 Å². The standard InChI is InChI=1S/C26H32BrNO7S/c1-16-5-7-17(8-6-16)24(30)28(18(14-32-2)15-33-3)23-10-9-19(11-21(23)25(31)34-4)35-26-22(27)12-20(13-29)36-26/h9-13,16-18H,5-8,14-15H2,1-4H3. The summed E-state index contributed by atoms with van der Waals surface area (Å²) >= 11 is 4.57. The van der Waals surface area contributed by atoms with Crippen molar-refractivity contribution in [1.29, 1.82) is 0 Å². The number of methoxy groups -OCH3 is 3. The Morgan fingerprint density at radius 3 is 2.33 bits per heavy atom. The number of anilines is 1. The average Bonchev–Trinajstić information content (AvgIpc) is 3.24. The summed E-state index contributed by atoms with van der Waals surface area (Å²) in [6.45, 7) is 2.67. The van der Waals surface area contributed by atoms with Crippen LogP contribution in [0.5, 0.6) is 10.8 Å². The van der Waals surface area contributed by atoms with Gasteiger partial charge in [0, 0.05) is 20.1 Å². The molecule has 1 amide bonds. The maximum Gasteiger partial charge on any atom is 0.340 e. The van der Waals surface area contributed by atoms with Gasteiger partial charge in [-0.1, -0.05) is 18.3 Å². The minimum atomic E-state index is -0.599. The van der Waals surface area contributed by atoms with Crippen LogP contribution in [0.25, 0.3) is 0 Å². The lowest BCUT2D eigenvalue weighted by Gasteiger charge is -2.36. The molecule has 36 heavy (non-hydrogen) atoms. The number of thiophene rings is 1. The van der Waals surface area contributed by atoms with Gasteiger partial charge >= 0.3 is 5.97 Å². The maximum atomic E-state index is 13.9. The van der Waals surface area contributed by atoms with Crippen LogP contribution in [0.4, 0.5) is 5.69 Å². The van der Waals surface area contributed by atoms with Gasteiger partial charge in [0.2, 0.25) is 5.91 Å². The minimum Gasteiger partial charge on any atom is -0.465 e. The van der Waals surface area contributed by atoms with Crippen LogP contribution in [0.1, 0.15) is 52.6 Å². The van der Waals surface area contributed by atoms with Gasteiger partial charge in [0.15, 0.2) is 11.3 Å². The molecule has 1 saturated carbocycles. The third-order valence-corrected chi connectivity index (χ3v) is 8.11. The van der Waals surface area contributed by atoms with Crippen molar-refractivity contribution >= 4 is 51.1 Å². The monoisotopic (exact) mass is 581 g/mol. The molecule has 3 rings (SSSR count). The van der Waals surface area contributed by atoms with Crippen LogP contribution < -0.4 is 9.64 Å². The van der Waals surface area contributed by atoms with Gasteiger partial charge < -0.3 is 23.8 Å². The smallest absolute Gasteiger partial charge is 0.340 e. The third-order valence-electron chi connectivity index (χ3n) is 6.32. The van der Waals surface area contributed by atoms with Crippen molar-refractivity contribution < 1.29 is 33.3 Å². The zero-order valence-corrected chi connectivity index (χ0v) is 23.4. The molecule has 196 valence electrons. The van der Waals surface area contributed by atoms with Crippen molar-refractivity contribution in [3.63, 3.8) is 0 Å². The Morgan fingerprint density at radius 1 is 1.11 bits per heavy atom. The van der Waals surface area contributed by atoms with Crippen LogP contribution in [0.3, 0.4) is 0 Å². The third kappa shape index (κ3) is 6.73. The molecule has 0 saturated heterocycles. The normalized spacial score (nSPS) is 17.6. The lowest BCUT2D eigenvalue weighted by Crippen LogP contribution is -2.49. The van der Waals surface area contributed by atoms with Gasteiger partial charge in [-0.2, -0.15) is 0 Å². The first-order chi connectivity index (χ1) is 17.3. The highest BCUT2D eigenvalue weighted by Gasteiger charge is 2.35. The number of hydrogen-bond acceptors (Lipinski definition) is 8. The highest BCUT2D eigenvalue weighted by atomic mass is 79.9. The first-order valence-electron chi connectivity index (χ1n) is 11.8. The number of halogens is 1. The summed E-state index contributed by atoms with van der Waals surface area (Å²) in [6, 6.07) is 6.14. The van der Waals surface area contributed by atoms with Crippen LogP contribution >= 0.6 is 27.3 Å². The molecule has 1 aliphatic rings. The molecule has 1 fully saturated rings. The van der Waals surface area contributed by atoms with E-state index in [9.17, 15) is 14.4 Å². The van der Waals surface area contributed by atoms with Crippen molar-refractivity contribution in [2.45, 2.75) is 38.6 Å². The van der Waals surface area contributed by atoms with E-state index in [-0.39, 0.29) is 30.6 Å². The van der Waals surface area contributed by atoms with Gasteiger partial charge in [0.25, 0.3) is 0 Å². The number of aldehydes is 1. The van der Waals surface area contributed by atoms with Crippen LogP contribution in [-0.2, 0) is 19.0 Å². The molecular weight excluding hydrogens is 550 g/mol. The summed E-state index contributed by atoms with van der Waals surface area (Å²) in [4.78, 5) is 40.1. The molecule has 0 N–H and O–H groups in total. The number of rotatable bonds is 11. The average molecular weight is 583 g/mol. The summed E-state index contributed by atoms with van der Waals surface area (Å²) in [5.74, 6) is 0.153. The minimum absolute atomic E-state index is 0.0588. The second-order valence-electron chi connectivity index (χ2n) is 8.90. The Morgan fingerprint density at radius 2 is 1.78 bits per heavy atom. The number of carbonyl (C=O) groups is 3. The molecular formula is C26H32BrNO7S. The van der Waals surface area contributed by atoms with E-state index in [0.717, 1.165) is 32.0 Å². The number of amides is 1. The first-order valence-corrected chi connectivity index (χ1v) is 13.4. The van der Waals surface area contributed by atoms with E-state index >= 15 is 0 Å². The van der Waals surface area contributed by atoms with Gasteiger partial charge in [0.05, 0.1) is 47.0 Å². The van der Waals surface area contributed by atoms with Crippen LogP contribution in [0.2, 0.25) is 0 Å². The Balaban J connectivity index is 2.04. The van der Waals surface area contributed by atoms with Crippen molar-refractivity contribution in [2.75, 3.05) is 39.4 Å². The number of carbonyl (C=O) groups excluding carboxylic acids is 3. The molecule has 10 heteroatoms. The molecule has 1 aliphatic carbocycles. The molecule has 0 aliphatic heterocycles. The molecule has 2 aromatic rings. The summed E-state index contributed by atoms with van der Waals surface area (Å²) in [5, 5.41) is 0.474. The van der Waals surface area contributed by atoms with E-state index < -0.39 is 12.0 Å². The second-order valence-corrected chi connectivity index (χ2v) is 10.8. The van der Waals surface area contributed by atoms with Gasteiger partial charge in [-0.15, -0.1) is 0 Å². The first kappa shape index (κ1) is 28.3. The van der Waals surface area contributed by atoms with Gasteiger partial charge in [-0.05, 0) is 71.8 Å². The van der Waals surface area contributed by atoms with Crippen LogP contribution in [0, 0.1) is 11.8 Å². The summed E-state index contributed by atoms with van der Waals surface area (Å²) in [6.07, 6.45) is 4.30. The number of nitrogens with zero attached hydrogens (tertiary/aromatic N) is 1. The van der Waals surface area contributed by atoms with Crippen LogP contribution in [-0.4, -0.2) is 58.7 Å². The van der Waals surface area contributed by atoms with E-state index in [2.05, 4.69) is 22.9 Å². The molecule has 0 spiro atoms. The number of benzene rings is 1. The molecule has 0 radical (unpaired) electrons. The van der Waals surface area contributed by atoms with E-state index in [1.165, 1.54) is 18.4 Å². The summed E-state index contributed by atoms with van der Waals surface area (Å²) < 4.78 is 22.5. The molecule has 0 bridgehead atoms. The summed E-state index contributed by atoms with van der Waals surface area (Å²) in [5.41, 5.74) is 0.601. The molecule has 1 aromatic heterocycles. The zero-order valence-electron chi connectivity index (χ0n) is 21.0. The lowest BCUT2D eigenvalue weighted by atomic mass is 9.82. The van der Waals surface area contributed by atoms with E-state index in [1.54, 1.807) is 43.4 Å². The second kappa shape index (κ2) is 13.3. The van der Waals surface area contributed by atoms with Crippen molar-refractivity contribution in [2.24, 2.45) is 11.8 Å². The zero-order chi connectivity index (χ0) is 26.2. The summed E-state index contributed by atoms with van der Waals surface area (Å²) in [7, 11) is 4.43. The Hall–Kier alpha value is -2.27. The highest BCUT2D eigenvalue weighted by molar-refractivity contribution is 9.10. The molecule has 0 unspecified atom stereocenters. The Bertz CT molecular complexity index is 1060. The Kier molecular flexibility index (Phi) is 10.5. The molecule has 1 aromatic carbocycles. The van der Waals surface area contributed by atoms with Gasteiger partial charge in [0.1, 0.15) is 5.75 Å². The molecule has 1 heterocycles. The van der Waals surface area contributed by atoms with Crippen LogP contribution in [0.15, 0.2) is 28.7 Å². The fourth-order valence-electron chi connectivity index (χ4n) is 4.45. The molecule has 0 atom stereocenters. The largest absolute Gasteiger partial charge is 0.465 e. The highest BCUT2D eigenvalue weighted by Crippen LogP contribution is 2.39. The number of esters is 1. The number of ether oxygens (including phenoxy) is 4. The van der Waals surface area contributed by atoms with Crippen molar-refractivity contribution in [3.05, 3.63) is 39.2 Å². The van der Waals surface area contributed by atoms with E-state index in [0.29, 0.717) is 31.8 Å². The SMILES string of the molecule is COCC(COC)N(C(=O)C1CCC(C)CC1)c1ccc(Oc2sc(C=O)cc2Br)cc1C(=O)OC. The van der Waals surface area contributed by atoms with Gasteiger partial charge in [-0.3, -0.25) is 9.59 Å². The number of hydrogen-bond donors (Lipinski definition) is 0. The lowest BCUT2D eigenvalue weighted by molar-refractivity contribution is -0.124. The van der Waals surface area contributed by atoms with Gasteiger partial charge in [-0.25, -0.2) is 4.79 Å². The van der Waals surface area contributed by atoms with Crippen molar-refractivity contribution in [1.82, 2.24) is 0 Å². The maximum absolute atomic E-state index is 13.9. The fraction of sp³-hybridized carbons (Fsp3) is 0.500. The van der Waals surface area contributed by atoms with E-state index in [4.69, 9.17) is 18.9 Å². The predicted molar refractivity (Wildman–Crippen MR) is 141 cm³/mol. The fourth-order valence-corrected chi connectivity index (χ4v) is 5.90. The Labute approximate surface area is 224 Å².